The Morgan fingerprint density at radius 3 is 1.88 bits per heavy atom. The Morgan fingerprint density at radius 1 is 0.725 bits per heavy atom. The molecule has 0 aliphatic heterocycles. The Balaban J connectivity index is 1.37. The zero-order chi connectivity index (χ0) is 27.6. The molecule has 5 nitrogen and oxygen atoms in total. The standard InChI is InChI=1S/C34H32BrNO4/c35-30-18-16-29(17-19-30)34(33(37)40-31-14-8-3-9-15-31)22-20-28(21-23-34)32(38-24-26-10-4-1-5-11-26)36-39-25-27-12-6-2-7-13-27/h1-19,36H,20-25H2. The van der Waals surface area contributed by atoms with Gasteiger partial charge in [-0.1, -0.05) is 107 Å². The van der Waals surface area contributed by atoms with E-state index in [2.05, 4.69) is 21.4 Å². The number of nitrogens with one attached hydrogen (secondary N) is 1. The van der Waals surface area contributed by atoms with Gasteiger partial charge in [0.15, 0.2) is 0 Å². The molecular weight excluding hydrogens is 566 g/mol. The lowest BCUT2D eigenvalue weighted by Crippen LogP contribution is -2.41. The largest absolute Gasteiger partial charge is 0.473 e. The molecule has 0 amide bonds. The molecule has 5 rings (SSSR count). The quantitative estimate of drug-likeness (QED) is 0.0868. The van der Waals surface area contributed by atoms with E-state index in [9.17, 15) is 4.79 Å². The second-order valence-corrected chi connectivity index (χ2v) is 10.8. The number of halogens is 1. The van der Waals surface area contributed by atoms with Crippen molar-refractivity contribution in [3.05, 3.63) is 148 Å². The summed E-state index contributed by atoms with van der Waals surface area (Å²) in [6.07, 6.45) is 2.50. The van der Waals surface area contributed by atoms with Crippen LogP contribution in [0.3, 0.4) is 0 Å². The van der Waals surface area contributed by atoms with Crippen LogP contribution in [-0.2, 0) is 33.0 Å². The summed E-state index contributed by atoms with van der Waals surface area (Å²) in [5, 5.41) is 0. The molecule has 0 unspecified atom stereocenters. The van der Waals surface area contributed by atoms with Crippen LogP contribution in [0.1, 0.15) is 42.4 Å². The van der Waals surface area contributed by atoms with Crippen molar-refractivity contribution in [1.82, 2.24) is 5.48 Å². The van der Waals surface area contributed by atoms with Gasteiger partial charge in [-0.2, -0.15) is 0 Å². The Labute approximate surface area is 243 Å². The average molecular weight is 599 g/mol. The predicted octanol–water partition coefficient (Wildman–Crippen LogP) is 8.02. The van der Waals surface area contributed by atoms with E-state index < -0.39 is 5.41 Å². The van der Waals surface area contributed by atoms with E-state index in [1.807, 2.05) is 115 Å². The van der Waals surface area contributed by atoms with Gasteiger partial charge in [-0.15, -0.1) is 0 Å². The van der Waals surface area contributed by atoms with Crippen LogP contribution < -0.4 is 10.2 Å². The molecule has 0 saturated heterocycles. The Hall–Kier alpha value is -3.87. The van der Waals surface area contributed by atoms with Crippen LogP contribution in [-0.4, -0.2) is 5.97 Å². The van der Waals surface area contributed by atoms with Gasteiger partial charge >= 0.3 is 5.97 Å². The van der Waals surface area contributed by atoms with Gasteiger partial charge in [0, 0.05) is 4.47 Å². The van der Waals surface area contributed by atoms with Gasteiger partial charge in [0.25, 0.3) is 0 Å². The summed E-state index contributed by atoms with van der Waals surface area (Å²) in [7, 11) is 0. The van der Waals surface area contributed by atoms with Crippen LogP contribution in [0.4, 0.5) is 0 Å². The summed E-state index contributed by atoms with van der Waals surface area (Å²) in [6, 6.07) is 37.3. The normalized spacial score (nSPS) is 16.7. The van der Waals surface area contributed by atoms with Crippen molar-refractivity contribution in [2.75, 3.05) is 0 Å². The van der Waals surface area contributed by atoms with Crippen molar-refractivity contribution < 1.29 is 19.1 Å². The number of esters is 1. The van der Waals surface area contributed by atoms with Crippen molar-refractivity contribution in [3.8, 4) is 5.75 Å². The molecule has 1 fully saturated rings. The Morgan fingerprint density at radius 2 is 1.27 bits per heavy atom. The second-order valence-electron chi connectivity index (χ2n) is 9.87. The van der Waals surface area contributed by atoms with Crippen molar-refractivity contribution in [3.63, 3.8) is 0 Å². The molecule has 1 N–H and O–H groups in total. The smallest absolute Gasteiger partial charge is 0.321 e. The maximum Gasteiger partial charge on any atom is 0.321 e. The Kier molecular flexibility index (Phi) is 9.32. The number of hydroxylamine groups is 1. The number of hydrogen-bond acceptors (Lipinski definition) is 5. The van der Waals surface area contributed by atoms with Crippen LogP contribution in [0, 0.1) is 0 Å². The fraction of sp³-hybridized carbons (Fsp3) is 0.206. The van der Waals surface area contributed by atoms with E-state index in [1.165, 1.54) is 0 Å². The molecule has 0 atom stereocenters. The molecule has 6 heteroatoms. The SMILES string of the molecule is O=C(Oc1ccccc1)C1(c2ccc(Br)cc2)CCC(=C(NOCc2ccccc2)OCc2ccccc2)CC1. The van der Waals surface area contributed by atoms with E-state index in [4.69, 9.17) is 14.3 Å². The highest BCUT2D eigenvalue weighted by Gasteiger charge is 2.44. The van der Waals surface area contributed by atoms with Gasteiger partial charge in [-0.05, 0) is 72.2 Å². The summed E-state index contributed by atoms with van der Waals surface area (Å²) in [4.78, 5) is 19.6. The van der Waals surface area contributed by atoms with Crippen LogP contribution in [0.25, 0.3) is 0 Å². The monoisotopic (exact) mass is 597 g/mol. The van der Waals surface area contributed by atoms with Gasteiger partial charge in [0.05, 0.1) is 12.0 Å². The highest BCUT2D eigenvalue weighted by atomic mass is 79.9. The van der Waals surface area contributed by atoms with Crippen molar-refractivity contribution in [2.45, 2.75) is 44.3 Å². The minimum absolute atomic E-state index is 0.236. The van der Waals surface area contributed by atoms with Crippen LogP contribution >= 0.6 is 15.9 Å². The fourth-order valence-electron chi connectivity index (χ4n) is 4.97. The molecule has 0 radical (unpaired) electrons. The average Bonchev–Trinajstić information content (AvgIpc) is 3.01. The van der Waals surface area contributed by atoms with Crippen molar-refractivity contribution in [1.29, 1.82) is 0 Å². The molecule has 0 bridgehead atoms. The van der Waals surface area contributed by atoms with Gasteiger partial charge in [-0.3, -0.25) is 9.63 Å². The van der Waals surface area contributed by atoms with E-state index >= 15 is 0 Å². The lowest BCUT2D eigenvalue weighted by molar-refractivity contribution is -0.142. The highest BCUT2D eigenvalue weighted by molar-refractivity contribution is 9.10. The zero-order valence-corrected chi connectivity index (χ0v) is 23.8. The van der Waals surface area contributed by atoms with E-state index in [0.29, 0.717) is 50.5 Å². The number of hydrogen-bond donors (Lipinski definition) is 1. The Bertz CT molecular complexity index is 1400. The van der Waals surface area contributed by atoms with Crippen LogP contribution in [0.2, 0.25) is 0 Å². The maximum atomic E-state index is 13.8. The molecule has 0 heterocycles. The third-order valence-electron chi connectivity index (χ3n) is 7.24. The van der Waals surface area contributed by atoms with Crippen molar-refractivity contribution in [2.24, 2.45) is 0 Å². The molecule has 4 aromatic carbocycles. The first-order valence-corrected chi connectivity index (χ1v) is 14.3. The molecular formula is C34H32BrNO4. The molecule has 1 saturated carbocycles. The van der Waals surface area contributed by atoms with E-state index in [1.54, 1.807) is 0 Å². The number of allylic oxidation sites excluding steroid dienone is 1. The number of carbonyl (C=O) groups excluding carboxylic acids is 1. The number of carbonyl (C=O) groups is 1. The summed E-state index contributed by atoms with van der Waals surface area (Å²) >= 11 is 3.52. The van der Waals surface area contributed by atoms with Crippen molar-refractivity contribution >= 4 is 21.9 Å². The predicted molar refractivity (Wildman–Crippen MR) is 159 cm³/mol. The number of benzene rings is 4. The van der Waals surface area contributed by atoms with E-state index in [-0.39, 0.29) is 5.97 Å². The van der Waals surface area contributed by atoms with Crippen LogP contribution in [0.5, 0.6) is 5.75 Å². The van der Waals surface area contributed by atoms with Gasteiger partial charge in [0.1, 0.15) is 12.4 Å². The number of ether oxygens (including phenoxy) is 2. The molecule has 40 heavy (non-hydrogen) atoms. The number of para-hydroxylation sites is 1. The summed E-state index contributed by atoms with van der Waals surface area (Å²) in [5.74, 6) is 0.925. The first kappa shape index (κ1) is 27.7. The molecule has 1 aliphatic rings. The highest BCUT2D eigenvalue weighted by Crippen LogP contribution is 2.44. The minimum atomic E-state index is -0.768. The lowest BCUT2D eigenvalue weighted by atomic mass is 9.68. The lowest BCUT2D eigenvalue weighted by Gasteiger charge is -2.37. The van der Waals surface area contributed by atoms with Gasteiger partial charge in [-0.25, -0.2) is 5.48 Å². The fourth-order valence-corrected chi connectivity index (χ4v) is 5.24. The molecule has 4 aromatic rings. The molecule has 1 aliphatic carbocycles. The van der Waals surface area contributed by atoms with E-state index in [0.717, 1.165) is 26.7 Å². The first-order valence-electron chi connectivity index (χ1n) is 13.5. The summed E-state index contributed by atoms with van der Waals surface area (Å²) in [6.45, 7) is 0.813. The first-order chi connectivity index (χ1) is 19.6. The van der Waals surface area contributed by atoms with Gasteiger partial charge < -0.3 is 9.47 Å². The van der Waals surface area contributed by atoms with Crippen LogP contribution in [0.15, 0.2) is 131 Å². The second kappa shape index (κ2) is 13.5. The molecule has 0 spiro atoms. The summed E-state index contributed by atoms with van der Waals surface area (Å²) < 4.78 is 13.2. The number of rotatable bonds is 10. The third kappa shape index (κ3) is 7.00. The topological polar surface area (TPSA) is 56.8 Å². The van der Waals surface area contributed by atoms with Gasteiger partial charge in [0.2, 0.25) is 5.88 Å². The maximum absolute atomic E-state index is 13.8. The molecule has 0 aromatic heterocycles. The third-order valence-corrected chi connectivity index (χ3v) is 7.77. The minimum Gasteiger partial charge on any atom is -0.473 e. The summed E-state index contributed by atoms with van der Waals surface area (Å²) in [5.41, 5.74) is 6.49. The molecule has 204 valence electrons. The zero-order valence-electron chi connectivity index (χ0n) is 22.2.